The zero-order chi connectivity index (χ0) is 14.7. The van der Waals surface area contributed by atoms with E-state index in [0.29, 0.717) is 5.95 Å². The van der Waals surface area contributed by atoms with Gasteiger partial charge >= 0.3 is 0 Å². The van der Waals surface area contributed by atoms with Crippen molar-refractivity contribution in [1.82, 2.24) is 9.97 Å². The molecule has 0 aliphatic carbocycles. The van der Waals surface area contributed by atoms with Gasteiger partial charge in [-0.3, -0.25) is 0 Å². The number of ether oxygens (including phenoxy) is 2. The fraction of sp³-hybridized carbons (Fsp3) is 0.333. The standard InChI is InChI=1S/C15H18N4O2/c1-3-19(4-2)14-7-8-16-15(18-14)17-11-5-6-12-13(9-11)21-10-20-12/h5-9H,3-4,10H2,1-2H3,(H,16,17,18). The lowest BCUT2D eigenvalue weighted by Gasteiger charge is -2.19. The molecule has 1 aliphatic rings. The van der Waals surface area contributed by atoms with Crippen molar-refractivity contribution in [3.05, 3.63) is 30.5 Å². The summed E-state index contributed by atoms with van der Waals surface area (Å²) in [5.74, 6) is 2.98. The first-order chi connectivity index (χ1) is 10.3. The van der Waals surface area contributed by atoms with Gasteiger partial charge in [0.2, 0.25) is 12.7 Å². The summed E-state index contributed by atoms with van der Waals surface area (Å²) < 4.78 is 10.7. The fourth-order valence-corrected chi connectivity index (χ4v) is 2.24. The number of aromatic nitrogens is 2. The average Bonchev–Trinajstić information content (AvgIpc) is 2.96. The van der Waals surface area contributed by atoms with Gasteiger partial charge in [-0.1, -0.05) is 0 Å². The Hall–Kier alpha value is -2.50. The Bertz CT molecular complexity index is 629. The Balaban J connectivity index is 1.80. The van der Waals surface area contributed by atoms with Gasteiger partial charge in [0.15, 0.2) is 11.5 Å². The Morgan fingerprint density at radius 1 is 1.14 bits per heavy atom. The Kier molecular flexibility index (Phi) is 3.77. The molecule has 0 fully saturated rings. The summed E-state index contributed by atoms with van der Waals surface area (Å²) in [5.41, 5.74) is 0.871. The van der Waals surface area contributed by atoms with Crippen molar-refractivity contribution in [3.8, 4) is 11.5 Å². The van der Waals surface area contributed by atoms with E-state index in [0.717, 1.165) is 36.1 Å². The number of nitrogens with one attached hydrogen (secondary N) is 1. The van der Waals surface area contributed by atoms with Gasteiger partial charge in [-0.05, 0) is 32.0 Å². The highest BCUT2D eigenvalue weighted by Gasteiger charge is 2.13. The molecule has 1 aromatic heterocycles. The molecule has 1 aromatic carbocycles. The number of anilines is 3. The molecule has 6 nitrogen and oxygen atoms in total. The number of nitrogens with zero attached hydrogens (tertiary/aromatic N) is 3. The molecule has 2 aromatic rings. The van der Waals surface area contributed by atoms with Crippen molar-refractivity contribution in [3.63, 3.8) is 0 Å². The topological polar surface area (TPSA) is 59.5 Å². The van der Waals surface area contributed by atoms with Gasteiger partial charge in [-0.15, -0.1) is 0 Å². The molecule has 0 saturated carbocycles. The minimum Gasteiger partial charge on any atom is -0.454 e. The van der Waals surface area contributed by atoms with Crippen molar-refractivity contribution < 1.29 is 9.47 Å². The Labute approximate surface area is 123 Å². The third-order valence-corrected chi connectivity index (χ3v) is 3.36. The summed E-state index contributed by atoms with van der Waals surface area (Å²) in [7, 11) is 0. The SMILES string of the molecule is CCN(CC)c1ccnc(Nc2ccc3c(c2)OCO3)n1. The van der Waals surface area contributed by atoms with Gasteiger partial charge in [0.25, 0.3) is 0 Å². The molecule has 6 heteroatoms. The monoisotopic (exact) mass is 286 g/mol. The first-order valence-electron chi connectivity index (χ1n) is 7.04. The molecular formula is C15H18N4O2. The highest BCUT2D eigenvalue weighted by Crippen LogP contribution is 2.34. The van der Waals surface area contributed by atoms with Crippen LogP contribution in [0.2, 0.25) is 0 Å². The minimum atomic E-state index is 0.271. The summed E-state index contributed by atoms with van der Waals surface area (Å²) in [5, 5.41) is 3.19. The van der Waals surface area contributed by atoms with Crippen molar-refractivity contribution >= 4 is 17.5 Å². The summed E-state index contributed by atoms with van der Waals surface area (Å²) in [6, 6.07) is 7.59. The van der Waals surface area contributed by atoms with Crippen molar-refractivity contribution in [2.24, 2.45) is 0 Å². The molecule has 0 saturated heterocycles. The van der Waals surface area contributed by atoms with Crippen LogP contribution in [-0.2, 0) is 0 Å². The van der Waals surface area contributed by atoms with Crippen LogP contribution in [0.3, 0.4) is 0 Å². The normalized spacial score (nSPS) is 12.3. The molecule has 21 heavy (non-hydrogen) atoms. The van der Waals surface area contributed by atoms with Crippen molar-refractivity contribution in [1.29, 1.82) is 0 Å². The number of hydrogen-bond acceptors (Lipinski definition) is 6. The third-order valence-electron chi connectivity index (χ3n) is 3.36. The minimum absolute atomic E-state index is 0.271. The molecule has 0 amide bonds. The van der Waals surface area contributed by atoms with Crippen LogP contribution < -0.4 is 19.7 Å². The summed E-state index contributed by atoms with van der Waals surface area (Å²) in [6.07, 6.45) is 1.76. The van der Waals surface area contributed by atoms with Crippen molar-refractivity contribution in [2.45, 2.75) is 13.8 Å². The van der Waals surface area contributed by atoms with Crippen LogP contribution in [0.25, 0.3) is 0 Å². The van der Waals surface area contributed by atoms with E-state index in [4.69, 9.17) is 9.47 Å². The second kappa shape index (κ2) is 5.87. The number of rotatable bonds is 5. The maximum atomic E-state index is 5.36. The average molecular weight is 286 g/mol. The molecular weight excluding hydrogens is 268 g/mol. The summed E-state index contributed by atoms with van der Waals surface area (Å²) in [6.45, 7) is 6.31. The van der Waals surface area contributed by atoms with E-state index < -0.39 is 0 Å². The first kappa shape index (κ1) is 13.5. The number of benzene rings is 1. The van der Waals surface area contributed by atoms with Gasteiger partial charge in [0, 0.05) is 31.0 Å². The summed E-state index contributed by atoms with van der Waals surface area (Å²) in [4.78, 5) is 11.0. The molecule has 2 heterocycles. The molecule has 1 aliphatic heterocycles. The second-order valence-corrected chi connectivity index (χ2v) is 4.60. The Morgan fingerprint density at radius 2 is 1.95 bits per heavy atom. The van der Waals surface area contributed by atoms with E-state index in [-0.39, 0.29) is 6.79 Å². The molecule has 110 valence electrons. The van der Waals surface area contributed by atoms with Gasteiger partial charge in [0.05, 0.1) is 0 Å². The molecule has 0 bridgehead atoms. The third kappa shape index (κ3) is 2.84. The van der Waals surface area contributed by atoms with Crippen LogP contribution in [0, 0.1) is 0 Å². The highest BCUT2D eigenvalue weighted by molar-refractivity contribution is 5.61. The van der Waals surface area contributed by atoms with E-state index in [1.54, 1.807) is 6.20 Å². The van der Waals surface area contributed by atoms with Crippen LogP contribution >= 0.6 is 0 Å². The van der Waals surface area contributed by atoms with E-state index in [1.807, 2.05) is 24.3 Å². The molecule has 0 spiro atoms. The lowest BCUT2D eigenvalue weighted by molar-refractivity contribution is 0.174. The Morgan fingerprint density at radius 3 is 2.76 bits per heavy atom. The highest BCUT2D eigenvalue weighted by atomic mass is 16.7. The molecule has 0 unspecified atom stereocenters. The zero-order valence-electron chi connectivity index (χ0n) is 12.2. The van der Waals surface area contributed by atoms with Crippen LogP contribution in [-0.4, -0.2) is 29.9 Å². The number of hydrogen-bond donors (Lipinski definition) is 1. The second-order valence-electron chi connectivity index (χ2n) is 4.60. The van der Waals surface area contributed by atoms with Crippen LogP contribution in [0.1, 0.15) is 13.8 Å². The lowest BCUT2D eigenvalue weighted by Crippen LogP contribution is -2.23. The molecule has 1 N–H and O–H groups in total. The fourth-order valence-electron chi connectivity index (χ4n) is 2.24. The largest absolute Gasteiger partial charge is 0.454 e. The van der Waals surface area contributed by atoms with E-state index in [9.17, 15) is 0 Å². The quantitative estimate of drug-likeness (QED) is 0.912. The first-order valence-corrected chi connectivity index (χ1v) is 7.04. The van der Waals surface area contributed by atoms with Crippen molar-refractivity contribution in [2.75, 3.05) is 30.1 Å². The predicted molar refractivity (Wildman–Crippen MR) is 81.4 cm³/mol. The lowest BCUT2D eigenvalue weighted by atomic mass is 10.3. The van der Waals surface area contributed by atoms with E-state index in [1.165, 1.54) is 0 Å². The summed E-state index contributed by atoms with van der Waals surface area (Å²) >= 11 is 0. The zero-order valence-corrected chi connectivity index (χ0v) is 12.2. The molecule has 0 atom stereocenters. The van der Waals surface area contributed by atoms with Crippen LogP contribution in [0.15, 0.2) is 30.5 Å². The van der Waals surface area contributed by atoms with Gasteiger partial charge in [-0.2, -0.15) is 4.98 Å². The van der Waals surface area contributed by atoms with Gasteiger partial charge in [-0.25, -0.2) is 4.98 Å². The predicted octanol–water partition coefficient (Wildman–Crippen LogP) is 2.80. The van der Waals surface area contributed by atoms with Gasteiger partial charge in [0.1, 0.15) is 5.82 Å². The number of fused-ring (bicyclic) bond motifs is 1. The molecule has 0 radical (unpaired) electrons. The van der Waals surface area contributed by atoms with Gasteiger partial charge < -0.3 is 19.7 Å². The smallest absolute Gasteiger partial charge is 0.231 e. The van der Waals surface area contributed by atoms with Crippen LogP contribution in [0.4, 0.5) is 17.5 Å². The van der Waals surface area contributed by atoms with Crippen LogP contribution in [0.5, 0.6) is 11.5 Å². The maximum Gasteiger partial charge on any atom is 0.231 e. The maximum absolute atomic E-state index is 5.36. The molecule has 3 rings (SSSR count). The van der Waals surface area contributed by atoms with E-state index in [2.05, 4.69) is 34.0 Å². The van der Waals surface area contributed by atoms with E-state index >= 15 is 0 Å².